The molecule has 1 aromatic heterocycles. The third-order valence-corrected chi connectivity index (χ3v) is 2.22. The fourth-order valence-corrected chi connectivity index (χ4v) is 1.28. The molecule has 0 aliphatic rings. The molecule has 68 valence electrons. The topological polar surface area (TPSA) is 41.6 Å². The molecule has 1 heterocycles. The third-order valence-electron chi connectivity index (χ3n) is 1.61. The molecule has 0 aliphatic heterocycles. The van der Waals surface area contributed by atoms with Crippen LogP contribution in [0.15, 0.2) is 0 Å². The number of aromatic amines is 1. The molecule has 0 fully saturated rings. The number of hydrogen-bond donors (Lipinski definition) is 1. The van der Waals surface area contributed by atoms with Crippen LogP contribution in [0.2, 0.25) is 0 Å². The van der Waals surface area contributed by atoms with Gasteiger partial charge in [-0.05, 0) is 6.26 Å². The number of aryl methyl sites for hydroxylation is 1. The highest BCUT2D eigenvalue weighted by atomic mass is 32.2. The van der Waals surface area contributed by atoms with Crippen molar-refractivity contribution in [3.05, 3.63) is 11.6 Å². The summed E-state index contributed by atoms with van der Waals surface area (Å²) in [4.78, 5) is 4.37. The van der Waals surface area contributed by atoms with Gasteiger partial charge < -0.3 is 0 Å². The molecule has 1 rings (SSSR count). The van der Waals surface area contributed by atoms with Crippen LogP contribution in [0.4, 0.5) is 0 Å². The number of nitrogens with zero attached hydrogens (tertiary/aromatic N) is 2. The second kappa shape index (κ2) is 4.50. The van der Waals surface area contributed by atoms with E-state index in [9.17, 15) is 0 Å². The molecule has 0 unspecified atom stereocenters. The highest BCUT2D eigenvalue weighted by Crippen LogP contribution is 2.08. The Morgan fingerprint density at radius 3 is 2.75 bits per heavy atom. The van der Waals surface area contributed by atoms with E-state index in [1.165, 1.54) is 0 Å². The number of aromatic nitrogens is 3. The quantitative estimate of drug-likeness (QED) is 0.778. The number of thioether (sulfide) groups is 1. The molecule has 3 nitrogen and oxygen atoms in total. The first-order valence-corrected chi connectivity index (χ1v) is 5.53. The summed E-state index contributed by atoms with van der Waals surface area (Å²) in [5, 5.41) is 7.07. The van der Waals surface area contributed by atoms with Crippen molar-refractivity contribution in [2.45, 2.75) is 26.2 Å². The van der Waals surface area contributed by atoms with E-state index in [2.05, 4.69) is 35.3 Å². The van der Waals surface area contributed by atoms with E-state index < -0.39 is 0 Å². The van der Waals surface area contributed by atoms with Crippen molar-refractivity contribution in [1.29, 1.82) is 0 Å². The Balaban J connectivity index is 2.52. The Bertz CT molecular complexity index is 232. The summed E-state index contributed by atoms with van der Waals surface area (Å²) in [6.07, 6.45) is 3.08. The van der Waals surface area contributed by atoms with Crippen LogP contribution in [0.3, 0.4) is 0 Å². The molecule has 0 saturated heterocycles. The predicted molar refractivity (Wildman–Crippen MR) is 52.6 cm³/mol. The molecule has 0 saturated carbocycles. The van der Waals surface area contributed by atoms with Crippen molar-refractivity contribution in [2.75, 3.05) is 12.0 Å². The van der Waals surface area contributed by atoms with Gasteiger partial charge in [0.1, 0.15) is 5.82 Å². The van der Waals surface area contributed by atoms with Crippen molar-refractivity contribution >= 4 is 11.8 Å². The first-order valence-electron chi connectivity index (χ1n) is 4.14. The Kier molecular flexibility index (Phi) is 3.59. The van der Waals surface area contributed by atoms with Crippen molar-refractivity contribution < 1.29 is 0 Å². The maximum absolute atomic E-state index is 4.37. The summed E-state index contributed by atoms with van der Waals surface area (Å²) in [6.45, 7) is 4.20. The van der Waals surface area contributed by atoms with Crippen molar-refractivity contribution in [2.24, 2.45) is 0 Å². The van der Waals surface area contributed by atoms with Gasteiger partial charge in [-0.15, -0.1) is 0 Å². The number of H-pyrrole nitrogens is 1. The minimum absolute atomic E-state index is 0.421. The van der Waals surface area contributed by atoms with E-state index in [-0.39, 0.29) is 0 Å². The van der Waals surface area contributed by atoms with Crippen molar-refractivity contribution in [1.82, 2.24) is 15.2 Å². The summed E-state index contributed by atoms with van der Waals surface area (Å²) < 4.78 is 0. The summed E-state index contributed by atoms with van der Waals surface area (Å²) >= 11 is 1.83. The van der Waals surface area contributed by atoms with E-state index >= 15 is 0 Å². The van der Waals surface area contributed by atoms with Gasteiger partial charge in [-0.2, -0.15) is 16.9 Å². The maximum Gasteiger partial charge on any atom is 0.153 e. The lowest BCUT2D eigenvalue weighted by Crippen LogP contribution is -1.92. The Hall–Kier alpha value is -0.510. The highest BCUT2D eigenvalue weighted by molar-refractivity contribution is 7.98. The van der Waals surface area contributed by atoms with E-state index in [0.29, 0.717) is 5.92 Å². The van der Waals surface area contributed by atoms with Gasteiger partial charge in [0.05, 0.1) is 0 Å². The van der Waals surface area contributed by atoms with Gasteiger partial charge in [-0.1, -0.05) is 13.8 Å². The van der Waals surface area contributed by atoms with Gasteiger partial charge in [0.2, 0.25) is 0 Å². The lowest BCUT2D eigenvalue weighted by atomic mass is 10.2. The molecule has 1 N–H and O–H groups in total. The molecular weight excluding hydrogens is 170 g/mol. The van der Waals surface area contributed by atoms with Gasteiger partial charge in [0, 0.05) is 18.1 Å². The summed E-state index contributed by atoms with van der Waals surface area (Å²) in [7, 11) is 0. The normalized spacial score (nSPS) is 11.0. The highest BCUT2D eigenvalue weighted by Gasteiger charge is 2.05. The molecule has 0 amide bonds. The van der Waals surface area contributed by atoms with Crippen LogP contribution in [-0.4, -0.2) is 27.2 Å². The molecule has 0 aromatic carbocycles. The Morgan fingerprint density at radius 2 is 2.25 bits per heavy atom. The molecule has 0 spiro atoms. The molecule has 0 bridgehead atoms. The Morgan fingerprint density at radius 1 is 1.50 bits per heavy atom. The standard InChI is InChI=1S/C8H15N3S/c1-6(2)8-9-7(10-11-8)4-5-12-3/h6H,4-5H2,1-3H3,(H,9,10,11). The zero-order valence-electron chi connectivity index (χ0n) is 7.79. The molecule has 12 heavy (non-hydrogen) atoms. The van der Waals surface area contributed by atoms with Crippen molar-refractivity contribution in [3.8, 4) is 0 Å². The Labute approximate surface area is 77.4 Å². The fraction of sp³-hybridized carbons (Fsp3) is 0.750. The first kappa shape index (κ1) is 9.58. The lowest BCUT2D eigenvalue weighted by molar-refractivity contribution is 0.780. The second-order valence-electron chi connectivity index (χ2n) is 3.04. The second-order valence-corrected chi connectivity index (χ2v) is 4.02. The van der Waals surface area contributed by atoms with E-state index in [0.717, 1.165) is 23.8 Å². The minimum atomic E-state index is 0.421. The lowest BCUT2D eigenvalue weighted by Gasteiger charge is -1.94. The van der Waals surface area contributed by atoms with Gasteiger partial charge in [-0.3, -0.25) is 5.10 Å². The van der Waals surface area contributed by atoms with E-state index in [1.54, 1.807) is 0 Å². The average Bonchev–Trinajstić information content (AvgIpc) is 2.48. The fourth-order valence-electron chi connectivity index (χ4n) is 0.879. The summed E-state index contributed by atoms with van der Waals surface area (Å²) in [5.74, 6) is 3.45. The molecule has 1 aromatic rings. The zero-order chi connectivity index (χ0) is 8.97. The van der Waals surface area contributed by atoms with Gasteiger partial charge in [0.25, 0.3) is 0 Å². The van der Waals surface area contributed by atoms with Crippen LogP contribution < -0.4 is 0 Å². The number of hydrogen-bond acceptors (Lipinski definition) is 3. The van der Waals surface area contributed by atoms with Crippen LogP contribution in [0.5, 0.6) is 0 Å². The van der Waals surface area contributed by atoms with E-state index in [4.69, 9.17) is 0 Å². The first-order chi connectivity index (χ1) is 5.74. The van der Waals surface area contributed by atoms with Gasteiger partial charge >= 0.3 is 0 Å². The SMILES string of the molecule is CSCCc1nc(C(C)C)n[nH]1. The predicted octanol–water partition coefficient (Wildman–Crippen LogP) is 1.83. The van der Waals surface area contributed by atoms with Crippen LogP contribution >= 0.6 is 11.8 Å². The van der Waals surface area contributed by atoms with Crippen LogP contribution in [0, 0.1) is 0 Å². The summed E-state index contributed by atoms with van der Waals surface area (Å²) in [6, 6.07) is 0. The molecule has 4 heteroatoms. The smallest absolute Gasteiger partial charge is 0.153 e. The molecular formula is C8H15N3S. The van der Waals surface area contributed by atoms with Gasteiger partial charge in [0.15, 0.2) is 5.82 Å². The number of rotatable bonds is 4. The molecule has 0 atom stereocenters. The number of nitrogens with one attached hydrogen (secondary N) is 1. The average molecular weight is 185 g/mol. The van der Waals surface area contributed by atoms with E-state index in [1.807, 2.05) is 11.8 Å². The third kappa shape index (κ3) is 2.52. The summed E-state index contributed by atoms with van der Waals surface area (Å²) in [5.41, 5.74) is 0. The van der Waals surface area contributed by atoms with Gasteiger partial charge in [-0.25, -0.2) is 4.98 Å². The van der Waals surface area contributed by atoms with Crippen LogP contribution in [0.25, 0.3) is 0 Å². The monoisotopic (exact) mass is 185 g/mol. The molecule has 0 radical (unpaired) electrons. The largest absolute Gasteiger partial charge is 0.263 e. The van der Waals surface area contributed by atoms with Crippen LogP contribution in [0.1, 0.15) is 31.4 Å². The maximum atomic E-state index is 4.37. The zero-order valence-corrected chi connectivity index (χ0v) is 8.61. The minimum Gasteiger partial charge on any atom is -0.263 e. The van der Waals surface area contributed by atoms with Crippen molar-refractivity contribution in [3.63, 3.8) is 0 Å². The molecule has 0 aliphatic carbocycles. The van der Waals surface area contributed by atoms with Crippen LogP contribution in [-0.2, 0) is 6.42 Å².